The number of rotatable bonds is 2. The Morgan fingerprint density at radius 2 is 2.42 bits per heavy atom. The molecule has 1 saturated heterocycles. The second-order valence-corrected chi connectivity index (χ2v) is 5.01. The van der Waals surface area contributed by atoms with Gasteiger partial charge >= 0.3 is 0 Å². The molecule has 0 spiro atoms. The molecule has 1 unspecified atom stereocenters. The first-order valence-corrected chi connectivity index (χ1v) is 7.16. The van der Waals surface area contributed by atoms with Crippen LogP contribution < -0.4 is 0 Å². The summed E-state index contributed by atoms with van der Waals surface area (Å²) in [5, 5.41) is 4.89. The summed E-state index contributed by atoms with van der Waals surface area (Å²) in [6.45, 7) is 1.78. The molecule has 3 heterocycles. The van der Waals surface area contributed by atoms with Gasteiger partial charge in [0, 0.05) is 30.8 Å². The van der Waals surface area contributed by atoms with Crippen molar-refractivity contribution in [1.82, 2.24) is 19.5 Å². The fourth-order valence-corrected chi connectivity index (χ4v) is 2.56. The third kappa shape index (κ3) is 2.35. The maximum Gasteiger partial charge on any atom is 0.257 e. The van der Waals surface area contributed by atoms with Crippen LogP contribution in [0.15, 0.2) is 24.8 Å². The summed E-state index contributed by atoms with van der Waals surface area (Å²) in [5.41, 5.74) is 1.32. The summed E-state index contributed by atoms with van der Waals surface area (Å²) in [4.78, 5) is 18.4. The summed E-state index contributed by atoms with van der Waals surface area (Å²) in [6, 6.07) is 0. The normalized spacial score (nSPS) is 19.8. The van der Waals surface area contributed by atoms with Gasteiger partial charge in [0.15, 0.2) is 0 Å². The van der Waals surface area contributed by atoms with Gasteiger partial charge < -0.3 is 9.64 Å². The van der Waals surface area contributed by atoms with E-state index in [0.717, 1.165) is 10.8 Å². The lowest BCUT2D eigenvalue weighted by Crippen LogP contribution is -2.46. The first-order valence-electron chi connectivity index (χ1n) is 6.04. The van der Waals surface area contributed by atoms with E-state index < -0.39 is 0 Å². The van der Waals surface area contributed by atoms with Crippen molar-refractivity contribution >= 4 is 27.4 Å². The molecule has 3 rings (SSSR count). The van der Waals surface area contributed by atoms with Crippen LogP contribution in [0.3, 0.4) is 0 Å². The number of fused-ring (bicyclic) bond motifs is 1. The van der Waals surface area contributed by atoms with Gasteiger partial charge in [0.05, 0.1) is 36.2 Å². The number of carbonyl (C=O) groups is 1. The topological polar surface area (TPSA) is 59.7 Å². The average Bonchev–Trinajstić information content (AvgIpc) is 2.90. The number of aromatic nitrogens is 3. The van der Waals surface area contributed by atoms with Crippen LogP contribution in [0, 0.1) is 0 Å². The minimum Gasteiger partial charge on any atom is -0.374 e. The predicted molar refractivity (Wildman–Crippen MR) is 72.4 cm³/mol. The lowest BCUT2D eigenvalue weighted by molar-refractivity contribution is -0.00957. The van der Waals surface area contributed by atoms with Crippen molar-refractivity contribution in [3.8, 4) is 0 Å². The molecular weight excluding hydrogens is 312 g/mol. The zero-order chi connectivity index (χ0) is 13.2. The Labute approximate surface area is 118 Å². The number of amides is 1. The molecule has 1 atom stereocenters. The summed E-state index contributed by atoms with van der Waals surface area (Å²) in [7, 11) is 0. The molecule has 0 bridgehead atoms. The molecule has 0 aliphatic carbocycles. The van der Waals surface area contributed by atoms with Gasteiger partial charge in [-0.2, -0.15) is 5.10 Å². The van der Waals surface area contributed by atoms with E-state index in [9.17, 15) is 4.79 Å². The molecule has 100 valence electrons. The number of carbonyl (C=O) groups excluding carboxylic acids is 1. The molecule has 1 fully saturated rings. The Hall–Kier alpha value is -1.47. The number of hydrogen-bond acceptors (Lipinski definition) is 4. The molecule has 1 aliphatic heterocycles. The molecule has 1 amide bonds. The number of ether oxygens (including phenoxy) is 1. The molecule has 0 radical (unpaired) electrons. The van der Waals surface area contributed by atoms with Crippen molar-refractivity contribution < 1.29 is 9.53 Å². The Kier molecular flexibility index (Phi) is 3.48. The van der Waals surface area contributed by atoms with Crippen molar-refractivity contribution in [2.75, 3.05) is 25.0 Å². The molecule has 6 nitrogen and oxygen atoms in total. The van der Waals surface area contributed by atoms with Gasteiger partial charge in [-0.05, 0) is 0 Å². The third-order valence-corrected chi connectivity index (χ3v) is 3.88. The van der Waals surface area contributed by atoms with Crippen LogP contribution in [0.1, 0.15) is 10.4 Å². The Bertz CT molecular complexity index is 600. The average molecular weight is 325 g/mol. The van der Waals surface area contributed by atoms with Crippen molar-refractivity contribution in [3.05, 3.63) is 30.4 Å². The first-order chi connectivity index (χ1) is 9.29. The lowest BCUT2D eigenvalue weighted by atomic mass is 10.2. The van der Waals surface area contributed by atoms with Crippen LogP contribution in [-0.2, 0) is 4.74 Å². The minimum atomic E-state index is -0.0164. The summed E-state index contributed by atoms with van der Waals surface area (Å²) >= 11 is 3.39. The van der Waals surface area contributed by atoms with Crippen LogP contribution >= 0.6 is 15.9 Å². The summed E-state index contributed by atoms with van der Waals surface area (Å²) < 4.78 is 7.19. The van der Waals surface area contributed by atoms with Crippen LogP contribution in [0.25, 0.3) is 5.52 Å². The van der Waals surface area contributed by atoms with Gasteiger partial charge in [-0.1, -0.05) is 15.9 Å². The van der Waals surface area contributed by atoms with Gasteiger partial charge in [0.25, 0.3) is 5.91 Å². The molecular formula is C12H13BrN4O2. The van der Waals surface area contributed by atoms with Gasteiger partial charge in [0.1, 0.15) is 0 Å². The van der Waals surface area contributed by atoms with E-state index in [-0.39, 0.29) is 12.0 Å². The van der Waals surface area contributed by atoms with Crippen LogP contribution in [0.2, 0.25) is 0 Å². The largest absolute Gasteiger partial charge is 0.374 e. The number of nitrogens with zero attached hydrogens (tertiary/aromatic N) is 4. The summed E-state index contributed by atoms with van der Waals surface area (Å²) in [6.07, 6.45) is 6.68. The highest BCUT2D eigenvalue weighted by molar-refractivity contribution is 9.09. The number of hydrogen-bond donors (Lipinski definition) is 0. The van der Waals surface area contributed by atoms with Gasteiger partial charge in [0.2, 0.25) is 0 Å². The van der Waals surface area contributed by atoms with Gasteiger partial charge in [-0.25, -0.2) is 4.52 Å². The summed E-state index contributed by atoms with van der Waals surface area (Å²) in [5.74, 6) is -0.0164. The van der Waals surface area contributed by atoms with E-state index in [0.29, 0.717) is 25.3 Å². The molecule has 0 saturated carbocycles. The highest BCUT2D eigenvalue weighted by atomic mass is 79.9. The molecule has 0 N–H and O–H groups in total. The predicted octanol–water partition coefficient (Wildman–Crippen LogP) is 0.965. The molecule has 2 aromatic heterocycles. The SMILES string of the molecule is O=C(c1cnn2ccncc12)N1CCOC(CBr)C1. The molecule has 2 aromatic rings. The van der Waals surface area contributed by atoms with Gasteiger partial charge in [-0.15, -0.1) is 0 Å². The van der Waals surface area contributed by atoms with Crippen molar-refractivity contribution in [2.24, 2.45) is 0 Å². The van der Waals surface area contributed by atoms with Crippen molar-refractivity contribution in [2.45, 2.75) is 6.10 Å². The molecule has 19 heavy (non-hydrogen) atoms. The van der Waals surface area contributed by atoms with E-state index in [1.165, 1.54) is 0 Å². The van der Waals surface area contributed by atoms with Crippen LogP contribution in [0.5, 0.6) is 0 Å². The fourth-order valence-electron chi connectivity index (χ4n) is 2.17. The van der Waals surface area contributed by atoms with Crippen molar-refractivity contribution in [1.29, 1.82) is 0 Å². The quantitative estimate of drug-likeness (QED) is 0.772. The second kappa shape index (κ2) is 5.26. The smallest absolute Gasteiger partial charge is 0.257 e. The molecule has 7 heteroatoms. The Morgan fingerprint density at radius 3 is 3.26 bits per heavy atom. The van der Waals surface area contributed by atoms with E-state index in [2.05, 4.69) is 26.0 Å². The van der Waals surface area contributed by atoms with E-state index >= 15 is 0 Å². The van der Waals surface area contributed by atoms with Crippen molar-refractivity contribution in [3.63, 3.8) is 0 Å². The Morgan fingerprint density at radius 1 is 1.53 bits per heavy atom. The van der Waals surface area contributed by atoms with E-state index in [1.54, 1.807) is 34.2 Å². The monoisotopic (exact) mass is 324 g/mol. The fraction of sp³-hybridized carbons (Fsp3) is 0.417. The number of halogens is 1. The number of alkyl halides is 1. The van der Waals surface area contributed by atoms with E-state index in [1.807, 2.05) is 0 Å². The van der Waals surface area contributed by atoms with E-state index in [4.69, 9.17) is 4.74 Å². The zero-order valence-corrected chi connectivity index (χ0v) is 11.8. The lowest BCUT2D eigenvalue weighted by Gasteiger charge is -2.31. The van der Waals surface area contributed by atoms with Gasteiger partial charge in [-0.3, -0.25) is 9.78 Å². The zero-order valence-electron chi connectivity index (χ0n) is 10.2. The molecule has 1 aliphatic rings. The first kappa shape index (κ1) is 12.6. The Balaban J connectivity index is 1.87. The number of morpholine rings is 1. The minimum absolute atomic E-state index is 0.0164. The highest BCUT2D eigenvalue weighted by Gasteiger charge is 2.26. The third-order valence-electron chi connectivity index (χ3n) is 3.15. The second-order valence-electron chi connectivity index (χ2n) is 4.36. The highest BCUT2D eigenvalue weighted by Crippen LogP contribution is 2.15. The van der Waals surface area contributed by atoms with Crippen LogP contribution in [0.4, 0.5) is 0 Å². The molecule has 0 aromatic carbocycles. The van der Waals surface area contributed by atoms with Crippen LogP contribution in [-0.4, -0.2) is 56.5 Å². The maximum absolute atomic E-state index is 12.5. The maximum atomic E-state index is 12.5. The standard InChI is InChI=1S/C12H13BrN4O2/c13-5-9-8-16(3-4-19-9)12(18)10-6-15-17-2-1-14-7-11(10)17/h1-2,6-7,9H,3-5,8H2.